The van der Waals surface area contributed by atoms with Crippen LogP contribution in [0.15, 0.2) is 46.1 Å². The highest BCUT2D eigenvalue weighted by Gasteiger charge is 2.27. The number of anilines is 2. The van der Waals surface area contributed by atoms with Crippen LogP contribution < -0.4 is 21.9 Å². The summed E-state index contributed by atoms with van der Waals surface area (Å²) in [5, 5.41) is 6.64. The van der Waals surface area contributed by atoms with Crippen molar-refractivity contribution in [3.05, 3.63) is 62.9 Å². The molecule has 31 heavy (non-hydrogen) atoms. The van der Waals surface area contributed by atoms with Gasteiger partial charge in [0.15, 0.2) is 0 Å². The standard InChI is InChI=1S/C23H25N5O3/c29-21(26-17-8-6-16(7-9-17)25-15-4-2-1-3-5-15)14-12-19-20(24-13-14)28(18-10-11-18)23(31)27-22(19)30/h6-9,12-13,15,18,25H,1-5,10-11H2,(H,26,29)(H,27,30,31). The normalized spacial score (nSPS) is 16.9. The lowest BCUT2D eigenvalue weighted by atomic mass is 9.95. The van der Waals surface area contributed by atoms with E-state index in [4.69, 9.17) is 0 Å². The molecule has 2 aliphatic carbocycles. The van der Waals surface area contributed by atoms with Crippen LogP contribution in [-0.2, 0) is 0 Å². The quantitative estimate of drug-likeness (QED) is 0.587. The highest BCUT2D eigenvalue weighted by atomic mass is 16.2. The number of aromatic nitrogens is 3. The maximum absolute atomic E-state index is 12.7. The monoisotopic (exact) mass is 419 g/mol. The number of H-pyrrole nitrogens is 1. The molecule has 3 aromatic rings. The van der Waals surface area contributed by atoms with Crippen molar-refractivity contribution in [1.82, 2.24) is 14.5 Å². The molecule has 1 amide bonds. The van der Waals surface area contributed by atoms with Crippen molar-refractivity contribution in [2.24, 2.45) is 0 Å². The predicted molar refractivity (Wildman–Crippen MR) is 120 cm³/mol. The van der Waals surface area contributed by atoms with E-state index in [0.717, 1.165) is 18.5 Å². The highest BCUT2D eigenvalue weighted by Crippen LogP contribution is 2.34. The fourth-order valence-corrected chi connectivity index (χ4v) is 4.27. The summed E-state index contributed by atoms with van der Waals surface area (Å²) in [5.74, 6) is -0.356. The number of fused-ring (bicyclic) bond motifs is 1. The minimum absolute atomic E-state index is 0.0692. The van der Waals surface area contributed by atoms with Crippen molar-refractivity contribution >= 4 is 28.3 Å². The Hall–Kier alpha value is -3.42. The fraction of sp³-hybridized carbons (Fsp3) is 0.391. The zero-order valence-corrected chi connectivity index (χ0v) is 17.2. The molecule has 2 fully saturated rings. The number of rotatable bonds is 5. The Balaban J connectivity index is 1.33. The van der Waals surface area contributed by atoms with Gasteiger partial charge in [-0.05, 0) is 56.0 Å². The molecule has 8 nitrogen and oxygen atoms in total. The molecule has 0 saturated heterocycles. The maximum Gasteiger partial charge on any atom is 0.330 e. The number of pyridine rings is 1. The summed E-state index contributed by atoms with van der Waals surface area (Å²) in [5.41, 5.74) is 1.32. The minimum Gasteiger partial charge on any atom is -0.382 e. The third-order valence-corrected chi connectivity index (χ3v) is 6.07. The third kappa shape index (κ3) is 4.10. The maximum atomic E-state index is 12.7. The average molecular weight is 419 g/mol. The number of hydrogen-bond donors (Lipinski definition) is 3. The third-order valence-electron chi connectivity index (χ3n) is 6.07. The number of amides is 1. The molecule has 160 valence electrons. The molecule has 2 saturated carbocycles. The van der Waals surface area contributed by atoms with E-state index in [1.807, 2.05) is 24.3 Å². The molecule has 1 aromatic carbocycles. The lowest BCUT2D eigenvalue weighted by Gasteiger charge is -2.23. The molecule has 2 heterocycles. The number of carbonyl (C=O) groups is 1. The Morgan fingerprint density at radius 3 is 2.42 bits per heavy atom. The molecular formula is C23H25N5O3. The summed E-state index contributed by atoms with van der Waals surface area (Å²) in [4.78, 5) is 43.7. The topological polar surface area (TPSA) is 109 Å². The Kier molecular flexibility index (Phi) is 5.05. The molecule has 2 aromatic heterocycles. The van der Waals surface area contributed by atoms with Crippen molar-refractivity contribution in [2.45, 2.75) is 57.0 Å². The molecule has 0 unspecified atom stereocenters. The number of carbonyl (C=O) groups excluding carboxylic acids is 1. The molecule has 0 aliphatic heterocycles. The smallest absolute Gasteiger partial charge is 0.330 e. The number of hydrogen-bond acceptors (Lipinski definition) is 5. The molecule has 2 aliphatic rings. The van der Waals surface area contributed by atoms with Gasteiger partial charge in [-0.3, -0.25) is 19.1 Å². The van der Waals surface area contributed by atoms with E-state index in [-0.39, 0.29) is 22.9 Å². The fourth-order valence-electron chi connectivity index (χ4n) is 4.27. The zero-order valence-electron chi connectivity index (χ0n) is 17.2. The summed E-state index contributed by atoms with van der Waals surface area (Å²) in [6, 6.07) is 9.71. The second-order valence-electron chi connectivity index (χ2n) is 8.47. The van der Waals surface area contributed by atoms with Gasteiger partial charge in [-0.25, -0.2) is 9.78 Å². The Bertz CT molecular complexity index is 1230. The van der Waals surface area contributed by atoms with E-state index >= 15 is 0 Å². The van der Waals surface area contributed by atoms with Crippen LogP contribution in [0.2, 0.25) is 0 Å². The summed E-state index contributed by atoms with van der Waals surface area (Å²) in [6.07, 6.45) is 9.43. The Morgan fingerprint density at radius 2 is 1.71 bits per heavy atom. The number of nitrogens with one attached hydrogen (secondary N) is 3. The van der Waals surface area contributed by atoms with Gasteiger partial charge in [0.2, 0.25) is 0 Å². The highest BCUT2D eigenvalue weighted by molar-refractivity contribution is 6.05. The van der Waals surface area contributed by atoms with Crippen LogP contribution in [0, 0.1) is 0 Å². The zero-order chi connectivity index (χ0) is 21.4. The lowest BCUT2D eigenvalue weighted by Crippen LogP contribution is -2.30. The number of benzene rings is 1. The van der Waals surface area contributed by atoms with Gasteiger partial charge in [0.1, 0.15) is 5.65 Å². The summed E-state index contributed by atoms with van der Waals surface area (Å²) in [6.45, 7) is 0. The van der Waals surface area contributed by atoms with E-state index < -0.39 is 11.2 Å². The molecule has 0 atom stereocenters. The second-order valence-corrected chi connectivity index (χ2v) is 8.47. The first-order valence-electron chi connectivity index (χ1n) is 10.9. The van der Waals surface area contributed by atoms with Gasteiger partial charge in [0, 0.05) is 29.7 Å². The lowest BCUT2D eigenvalue weighted by molar-refractivity contribution is 0.102. The van der Waals surface area contributed by atoms with Crippen LogP contribution in [0.3, 0.4) is 0 Å². The van der Waals surface area contributed by atoms with E-state index in [1.54, 1.807) is 0 Å². The Morgan fingerprint density at radius 1 is 1.00 bits per heavy atom. The largest absolute Gasteiger partial charge is 0.382 e. The van der Waals surface area contributed by atoms with Crippen LogP contribution in [0.5, 0.6) is 0 Å². The number of aromatic amines is 1. The van der Waals surface area contributed by atoms with Crippen molar-refractivity contribution in [2.75, 3.05) is 10.6 Å². The summed E-state index contributed by atoms with van der Waals surface area (Å²) < 4.78 is 1.51. The van der Waals surface area contributed by atoms with Crippen LogP contribution >= 0.6 is 0 Å². The summed E-state index contributed by atoms with van der Waals surface area (Å²) >= 11 is 0. The van der Waals surface area contributed by atoms with Crippen molar-refractivity contribution in [3.63, 3.8) is 0 Å². The minimum atomic E-state index is -0.530. The van der Waals surface area contributed by atoms with Gasteiger partial charge in [0.05, 0.1) is 10.9 Å². The first-order chi connectivity index (χ1) is 15.1. The number of nitrogens with zero attached hydrogens (tertiary/aromatic N) is 2. The molecular weight excluding hydrogens is 394 g/mol. The van der Waals surface area contributed by atoms with Gasteiger partial charge >= 0.3 is 5.69 Å². The van der Waals surface area contributed by atoms with Gasteiger partial charge in [-0.1, -0.05) is 19.3 Å². The van der Waals surface area contributed by atoms with E-state index in [9.17, 15) is 14.4 Å². The first kappa shape index (κ1) is 19.5. The van der Waals surface area contributed by atoms with E-state index in [0.29, 0.717) is 17.4 Å². The van der Waals surface area contributed by atoms with Crippen molar-refractivity contribution in [1.29, 1.82) is 0 Å². The second kappa shape index (κ2) is 8.02. The van der Waals surface area contributed by atoms with E-state index in [1.165, 1.54) is 48.9 Å². The molecule has 5 rings (SSSR count). The van der Waals surface area contributed by atoms with Crippen LogP contribution in [0.25, 0.3) is 11.0 Å². The SMILES string of the molecule is O=C(Nc1ccc(NC2CCCCC2)cc1)c1cnc2c(c1)c(=O)[nH]c(=O)n2C1CC1. The summed E-state index contributed by atoms with van der Waals surface area (Å²) in [7, 11) is 0. The van der Waals surface area contributed by atoms with Crippen LogP contribution in [-0.4, -0.2) is 26.5 Å². The van der Waals surface area contributed by atoms with Gasteiger partial charge in [-0.15, -0.1) is 0 Å². The molecule has 8 heteroatoms. The van der Waals surface area contributed by atoms with Crippen LogP contribution in [0.4, 0.5) is 11.4 Å². The molecule has 3 N–H and O–H groups in total. The van der Waals surface area contributed by atoms with Crippen molar-refractivity contribution < 1.29 is 4.79 Å². The molecule has 0 radical (unpaired) electrons. The van der Waals surface area contributed by atoms with Gasteiger partial charge < -0.3 is 10.6 Å². The van der Waals surface area contributed by atoms with Crippen LogP contribution in [0.1, 0.15) is 61.3 Å². The van der Waals surface area contributed by atoms with Gasteiger partial charge in [-0.2, -0.15) is 0 Å². The van der Waals surface area contributed by atoms with Crippen molar-refractivity contribution in [3.8, 4) is 0 Å². The molecule has 0 spiro atoms. The first-order valence-corrected chi connectivity index (χ1v) is 10.9. The van der Waals surface area contributed by atoms with Gasteiger partial charge in [0.25, 0.3) is 11.5 Å². The predicted octanol–water partition coefficient (Wildman–Crippen LogP) is 3.42. The average Bonchev–Trinajstić information content (AvgIpc) is 3.61. The van der Waals surface area contributed by atoms with E-state index in [2.05, 4.69) is 20.6 Å². The Labute approximate surface area is 178 Å². The molecule has 0 bridgehead atoms.